The molecule has 4 heteroatoms. The molecule has 0 aliphatic heterocycles. The monoisotopic (exact) mass is 254 g/mol. The van der Waals surface area contributed by atoms with Crippen molar-refractivity contribution in [3.8, 4) is 23.3 Å². The maximum atomic E-state index is 8.90. The average Bonchev–Trinajstić information content (AvgIpc) is 2.43. The number of nitrogens with zero attached hydrogens (tertiary/aromatic N) is 1. The van der Waals surface area contributed by atoms with Gasteiger partial charge in [-0.2, -0.15) is 5.26 Å². The Morgan fingerprint density at radius 3 is 2.58 bits per heavy atom. The van der Waals surface area contributed by atoms with E-state index in [2.05, 4.69) is 6.07 Å². The molecule has 2 aromatic rings. The molecule has 0 radical (unpaired) electrons. The number of ether oxygens (including phenoxy) is 2. The van der Waals surface area contributed by atoms with Crippen LogP contribution < -0.4 is 15.2 Å². The fraction of sp³-hybridized carbons (Fsp3) is 0.133. The lowest BCUT2D eigenvalue weighted by Crippen LogP contribution is -1.94. The van der Waals surface area contributed by atoms with Gasteiger partial charge in [-0.25, -0.2) is 0 Å². The van der Waals surface area contributed by atoms with Gasteiger partial charge in [0, 0.05) is 6.07 Å². The Morgan fingerprint density at radius 2 is 1.89 bits per heavy atom. The number of benzene rings is 2. The number of rotatable bonds is 3. The second kappa shape index (κ2) is 5.32. The number of methoxy groups -OCH3 is 1. The van der Waals surface area contributed by atoms with Crippen molar-refractivity contribution in [2.45, 2.75) is 6.92 Å². The van der Waals surface area contributed by atoms with Crippen LogP contribution in [0.15, 0.2) is 36.4 Å². The minimum atomic E-state index is 0.553. The van der Waals surface area contributed by atoms with Crippen LogP contribution in [0.4, 0.5) is 5.69 Å². The van der Waals surface area contributed by atoms with E-state index in [-0.39, 0.29) is 0 Å². The molecule has 2 N–H and O–H groups in total. The summed E-state index contributed by atoms with van der Waals surface area (Å²) in [7, 11) is 1.55. The molecular weight excluding hydrogens is 240 g/mol. The van der Waals surface area contributed by atoms with E-state index >= 15 is 0 Å². The summed E-state index contributed by atoms with van der Waals surface area (Å²) in [4.78, 5) is 0. The van der Waals surface area contributed by atoms with Crippen molar-refractivity contribution in [2.24, 2.45) is 0 Å². The summed E-state index contributed by atoms with van der Waals surface area (Å²) in [6.07, 6.45) is 0. The fourth-order valence-electron chi connectivity index (χ4n) is 1.66. The Bertz CT molecular complexity index is 645. The highest BCUT2D eigenvalue weighted by Gasteiger charge is 2.06. The average molecular weight is 254 g/mol. The summed E-state index contributed by atoms with van der Waals surface area (Å²) in [6, 6.07) is 12.6. The predicted molar refractivity (Wildman–Crippen MR) is 73.4 cm³/mol. The van der Waals surface area contributed by atoms with Crippen LogP contribution in [0.25, 0.3) is 0 Å². The van der Waals surface area contributed by atoms with Crippen LogP contribution in [0.5, 0.6) is 17.2 Å². The zero-order valence-corrected chi connectivity index (χ0v) is 10.8. The first kappa shape index (κ1) is 12.8. The Balaban J connectivity index is 2.33. The summed E-state index contributed by atoms with van der Waals surface area (Å²) >= 11 is 0. The van der Waals surface area contributed by atoms with Gasteiger partial charge in [-0.3, -0.25) is 0 Å². The first-order chi connectivity index (χ1) is 9.13. The van der Waals surface area contributed by atoms with Gasteiger partial charge in [0.05, 0.1) is 24.4 Å². The lowest BCUT2D eigenvalue weighted by molar-refractivity contribution is 0.411. The molecule has 0 saturated heterocycles. The van der Waals surface area contributed by atoms with Crippen molar-refractivity contribution in [2.75, 3.05) is 12.8 Å². The van der Waals surface area contributed by atoms with E-state index in [1.807, 2.05) is 13.0 Å². The molecule has 0 amide bonds. The number of nitrogens with two attached hydrogens (primary N) is 1. The predicted octanol–water partition coefficient (Wildman–Crippen LogP) is 3.25. The van der Waals surface area contributed by atoms with Gasteiger partial charge >= 0.3 is 0 Å². The second-order valence-corrected chi connectivity index (χ2v) is 4.10. The van der Waals surface area contributed by atoms with E-state index < -0.39 is 0 Å². The van der Waals surface area contributed by atoms with Gasteiger partial charge in [0.25, 0.3) is 0 Å². The summed E-state index contributed by atoms with van der Waals surface area (Å²) in [6.45, 7) is 1.92. The van der Waals surface area contributed by atoms with Crippen LogP contribution in [0.2, 0.25) is 0 Å². The molecule has 0 unspecified atom stereocenters. The molecular formula is C15H14N2O2. The highest BCUT2D eigenvalue weighted by Crippen LogP contribution is 2.31. The molecule has 0 bridgehead atoms. The number of hydrogen-bond donors (Lipinski definition) is 1. The van der Waals surface area contributed by atoms with Crippen molar-refractivity contribution in [3.05, 3.63) is 47.5 Å². The molecule has 2 rings (SSSR count). The lowest BCUT2D eigenvalue weighted by Gasteiger charge is -2.11. The van der Waals surface area contributed by atoms with Crippen LogP contribution in [-0.2, 0) is 0 Å². The van der Waals surface area contributed by atoms with Crippen LogP contribution in [0.1, 0.15) is 11.1 Å². The number of anilines is 1. The fourth-order valence-corrected chi connectivity index (χ4v) is 1.66. The summed E-state index contributed by atoms with van der Waals surface area (Å²) in [5, 5.41) is 8.90. The zero-order chi connectivity index (χ0) is 13.8. The first-order valence-electron chi connectivity index (χ1n) is 5.76. The molecule has 0 spiro atoms. The molecule has 0 fully saturated rings. The Hall–Kier alpha value is -2.67. The molecule has 0 saturated carbocycles. The van der Waals surface area contributed by atoms with Crippen molar-refractivity contribution >= 4 is 5.69 Å². The lowest BCUT2D eigenvalue weighted by atomic mass is 10.1. The van der Waals surface area contributed by atoms with Gasteiger partial charge in [-0.05, 0) is 36.8 Å². The van der Waals surface area contributed by atoms with E-state index in [0.717, 1.165) is 5.56 Å². The zero-order valence-electron chi connectivity index (χ0n) is 10.8. The number of nitriles is 1. The molecule has 0 aliphatic carbocycles. The van der Waals surface area contributed by atoms with Crippen molar-refractivity contribution in [1.29, 1.82) is 5.26 Å². The van der Waals surface area contributed by atoms with Crippen LogP contribution in [0.3, 0.4) is 0 Å². The molecule has 0 aliphatic rings. The quantitative estimate of drug-likeness (QED) is 0.854. The van der Waals surface area contributed by atoms with E-state index in [4.69, 9.17) is 20.5 Å². The SMILES string of the molecule is COc1cc(Oc2cc(C#N)ccc2C)ccc1N. The smallest absolute Gasteiger partial charge is 0.145 e. The van der Waals surface area contributed by atoms with Crippen molar-refractivity contribution in [3.63, 3.8) is 0 Å². The molecule has 96 valence electrons. The van der Waals surface area contributed by atoms with E-state index in [0.29, 0.717) is 28.5 Å². The van der Waals surface area contributed by atoms with Crippen LogP contribution in [0, 0.1) is 18.3 Å². The minimum Gasteiger partial charge on any atom is -0.494 e. The molecule has 19 heavy (non-hydrogen) atoms. The Kier molecular flexibility index (Phi) is 3.58. The topological polar surface area (TPSA) is 68.3 Å². The van der Waals surface area contributed by atoms with Gasteiger partial charge < -0.3 is 15.2 Å². The van der Waals surface area contributed by atoms with Gasteiger partial charge in [0.1, 0.15) is 17.2 Å². The highest BCUT2D eigenvalue weighted by atomic mass is 16.5. The molecule has 0 atom stereocenters. The van der Waals surface area contributed by atoms with Gasteiger partial charge in [-0.15, -0.1) is 0 Å². The second-order valence-electron chi connectivity index (χ2n) is 4.10. The van der Waals surface area contributed by atoms with E-state index in [1.165, 1.54) is 0 Å². The van der Waals surface area contributed by atoms with E-state index in [9.17, 15) is 0 Å². The minimum absolute atomic E-state index is 0.553. The normalized spacial score (nSPS) is 9.74. The highest BCUT2D eigenvalue weighted by molar-refractivity contribution is 5.56. The molecule has 0 aromatic heterocycles. The Morgan fingerprint density at radius 1 is 1.11 bits per heavy atom. The first-order valence-corrected chi connectivity index (χ1v) is 5.76. The molecule has 0 heterocycles. The third kappa shape index (κ3) is 2.78. The Labute approximate surface area is 112 Å². The number of aryl methyl sites for hydroxylation is 1. The maximum Gasteiger partial charge on any atom is 0.145 e. The number of hydrogen-bond acceptors (Lipinski definition) is 4. The van der Waals surface area contributed by atoms with Gasteiger partial charge in [0.2, 0.25) is 0 Å². The largest absolute Gasteiger partial charge is 0.494 e. The molecule has 2 aromatic carbocycles. The third-order valence-electron chi connectivity index (χ3n) is 2.75. The maximum absolute atomic E-state index is 8.90. The molecule has 4 nitrogen and oxygen atoms in total. The van der Waals surface area contributed by atoms with Crippen LogP contribution in [-0.4, -0.2) is 7.11 Å². The van der Waals surface area contributed by atoms with Gasteiger partial charge in [0.15, 0.2) is 0 Å². The summed E-state index contributed by atoms with van der Waals surface area (Å²) in [5.41, 5.74) is 7.81. The van der Waals surface area contributed by atoms with Gasteiger partial charge in [-0.1, -0.05) is 6.07 Å². The standard InChI is InChI=1S/C15H14N2O2/c1-10-3-4-11(9-16)7-14(10)19-12-5-6-13(17)15(8-12)18-2/h3-8H,17H2,1-2H3. The number of nitrogen functional groups attached to an aromatic ring is 1. The van der Waals surface area contributed by atoms with Crippen molar-refractivity contribution < 1.29 is 9.47 Å². The summed E-state index contributed by atoms with van der Waals surface area (Å²) < 4.78 is 10.9. The summed E-state index contributed by atoms with van der Waals surface area (Å²) in [5.74, 6) is 1.82. The third-order valence-corrected chi connectivity index (χ3v) is 2.75. The van der Waals surface area contributed by atoms with E-state index in [1.54, 1.807) is 37.4 Å². The van der Waals surface area contributed by atoms with Crippen LogP contribution >= 0.6 is 0 Å². The van der Waals surface area contributed by atoms with Crippen molar-refractivity contribution in [1.82, 2.24) is 0 Å².